The van der Waals surface area contributed by atoms with Crippen LogP contribution < -0.4 is 16.0 Å². The topological polar surface area (TPSA) is 86.4 Å². The minimum Gasteiger partial charge on any atom is -0.355 e. The first-order chi connectivity index (χ1) is 22.7. The first-order valence-electron chi connectivity index (χ1n) is 17.5. The zero-order chi connectivity index (χ0) is 32.8. The summed E-state index contributed by atoms with van der Waals surface area (Å²) in [5, 5.41) is 9.12. The molecule has 1 aromatic heterocycles. The van der Waals surface area contributed by atoms with Crippen molar-refractivity contribution in [3.8, 4) is 0 Å². The van der Waals surface area contributed by atoms with Gasteiger partial charge >= 0.3 is 0 Å². The van der Waals surface area contributed by atoms with Gasteiger partial charge in [0.25, 0.3) is 0 Å². The molecule has 1 aromatic rings. The Morgan fingerprint density at radius 1 is 0.761 bits per heavy atom. The Morgan fingerprint density at radius 2 is 1.37 bits per heavy atom. The van der Waals surface area contributed by atoms with E-state index in [0.717, 1.165) is 69.2 Å². The standard InChI is InChI=1S/C39H59N5O2/c1-2-3-4-5-6-7-8-9-10-11-12-13-14-15-16-17-18-23-38(45)41-30-28-40-29-31-42-39(46)24-21-22-36-25-26-37(43-35-36)27-34-44-32-19-20-33-44/h3-4,6-7,9-10,12-13,15-16,21-22,25-26,35,40H,2,5,8,11,14,17-20,23-24,27-34H2,1H3,(H,41,45)(H,42,46)/b4-3-,7-6-,10-9-,13-12-,16-15-,22-21+. The monoisotopic (exact) mass is 629 g/mol. The lowest BCUT2D eigenvalue weighted by atomic mass is 10.2. The van der Waals surface area contributed by atoms with Crippen LogP contribution in [-0.4, -0.2) is 67.5 Å². The second kappa shape index (κ2) is 27.7. The van der Waals surface area contributed by atoms with Gasteiger partial charge in [-0.2, -0.15) is 0 Å². The zero-order valence-corrected chi connectivity index (χ0v) is 28.3. The van der Waals surface area contributed by atoms with Gasteiger partial charge < -0.3 is 20.9 Å². The summed E-state index contributed by atoms with van der Waals surface area (Å²) in [6.45, 7) is 8.15. The third-order valence-electron chi connectivity index (χ3n) is 7.52. The van der Waals surface area contributed by atoms with Crippen LogP contribution in [0.25, 0.3) is 6.08 Å². The van der Waals surface area contributed by atoms with Gasteiger partial charge in [0.2, 0.25) is 11.8 Å². The van der Waals surface area contributed by atoms with Crippen molar-refractivity contribution >= 4 is 17.9 Å². The van der Waals surface area contributed by atoms with E-state index in [4.69, 9.17) is 0 Å². The van der Waals surface area contributed by atoms with E-state index in [-0.39, 0.29) is 11.8 Å². The SMILES string of the molecule is CC/C=C\C/C=C\C/C=C\C/C=C\C/C=C\CCCC(=O)NCCNCCNC(=O)C/C=C/c1ccc(CCN2CCCC2)nc1. The molecule has 46 heavy (non-hydrogen) atoms. The number of nitrogens with one attached hydrogen (secondary N) is 3. The highest BCUT2D eigenvalue weighted by molar-refractivity contribution is 5.78. The van der Waals surface area contributed by atoms with E-state index in [1.54, 1.807) is 0 Å². The van der Waals surface area contributed by atoms with Gasteiger partial charge in [-0.1, -0.05) is 85.9 Å². The van der Waals surface area contributed by atoms with E-state index in [9.17, 15) is 9.59 Å². The van der Waals surface area contributed by atoms with Crippen LogP contribution >= 0.6 is 0 Å². The molecule has 7 heteroatoms. The largest absolute Gasteiger partial charge is 0.355 e. The molecule has 2 rings (SSSR count). The van der Waals surface area contributed by atoms with E-state index in [1.165, 1.54) is 25.9 Å². The molecule has 0 saturated carbocycles. The van der Waals surface area contributed by atoms with E-state index in [0.29, 0.717) is 39.0 Å². The van der Waals surface area contributed by atoms with Crippen molar-refractivity contribution < 1.29 is 9.59 Å². The average Bonchev–Trinajstić information content (AvgIpc) is 3.59. The molecule has 2 heterocycles. The second-order valence-electron chi connectivity index (χ2n) is 11.5. The Kier molecular flexibility index (Phi) is 23.3. The molecule has 0 aromatic carbocycles. The number of aromatic nitrogens is 1. The number of pyridine rings is 1. The first kappa shape index (κ1) is 38.6. The van der Waals surface area contributed by atoms with Crippen LogP contribution in [0, 0.1) is 0 Å². The van der Waals surface area contributed by atoms with Crippen molar-refractivity contribution in [1.82, 2.24) is 25.8 Å². The Morgan fingerprint density at radius 3 is 1.98 bits per heavy atom. The Balaban J connectivity index is 1.36. The molecular formula is C39H59N5O2. The molecule has 1 fully saturated rings. The number of carbonyl (C=O) groups excluding carboxylic acids is 2. The highest BCUT2D eigenvalue weighted by Gasteiger charge is 2.11. The van der Waals surface area contributed by atoms with Crippen LogP contribution in [0.1, 0.15) is 88.8 Å². The molecule has 0 bridgehead atoms. The van der Waals surface area contributed by atoms with E-state index in [1.807, 2.05) is 18.3 Å². The zero-order valence-electron chi connectivity index (χ0n) is 28.3. The van der Waals surface area contributed by atoms with Gasteiger partial charge in [-0.3, -0.25) is 14.6 Å². The molecule has 1 aliphatic heterocycles. The van der Waals surface area contributed by atoms with Gasteiger partial charge in [0.05, 0.1) is 0 Å². The number of carbonyl (C=O) groups is 2. The summed E-state index contributed by atoms with van der Waals surface area (Å²) in [6.07, 6.45) is 38.9. The Hall–Kier alpha value is -3.55. The quantitative estimate of drug-likeness (QED) is 0.0812. The maximum atomic E-state index is 12.1. The average molecular weight is 630 g/mol. The number of allylic oxidation sites excluding steroid dienone is 10. The molecule has 252 valence electrons. The molecular weight excluding hydrogens is 570 g/mol. The summed E-state index contributed by atoms with van der Waals surface area (Å²) >= 11 is 0. The highest BCUT2D eigenvalue weighted by Crippen LogP contribution is 2.09. The van der Waals surface area contributed by atoms with E-state index >= 15 is 0 Å². The number of unbranched alkanes of at least 4 members (excludes halogenated alkanes) is 1. The van der Waals surface area contributed by atoms with Gasteiger partial charge in [-0.25, -0.2) is 0 Å². The van der Waals surface area contributed by atoms with Gasteiger partial charge in [0.1, 0.15) is 0 Å². The van der Waals surface area contributed by atoms with Crippen LogP contribution in [0.5, 0.6) is 0 Å². The minimum atomic E-state index is -0.00550. The van der Waals surface area contributed by atoms with Gasteiger partial charge in [0, 0.05) is 63.9 Å². The number of rotatable bonds is 25. The maximum Gasteiger partial charge on any atom is 0.223 e. The van der Waals surface area contributed by atoms with Gasteiger partial charge in [-0.15, -0.1) is 0 Å². The Labute approximate surface area is 279 Å². The molecule has 0 radical (unpaired) electrons. The number of nitrogens with zero attached hydrogens (tertiary/aromatic N) is 2. The van der Waals surface area contributed by atoms with Crippen LogP contribution in [0.15, 0.2) is 85.2 Å². The summed E-state index contributed by atoms with van der Waals surface area (Å²) < 4.78 is 0. The highest BCUT2D eigenvalue weighted by atomic mass is 16.2. The number of hydrogen-bond acceptors (Lipinski definition) is 5. The molecule has 1 aliphatic rings. The van der Waals surface area contributed by atoms with Crippen molar-refractivity contribution in [2.75, 3.05) is 45.8 Å². The smallest absolute Gasteiger partial charge is 0.223 e. The molecule has 1 saturated heterocycles. The van der Waals surface area contributed by atoms with Crippen LogP contribution in [0.3, 0.4) is 0 Å². The number of amides is 2. The van der Waals surface area contributed by atoms with E-state index in [2.05, 4.69) is 106 Å². The van der Waals surface area contributed by atoms with Crippen molar-refractivity contribution in [3.63, 3.8) is 0 Å². The molecule has 0 spiro atoms. The fraction of sp³-hybridized carbons (Fsp3) is 0.513. The third kappa shape index (κ3) is 22.0. The van der Waals surface area contributed by atoms with Crippen LogP contribution in [-0.2, 0) is 16.0 Å². The molecule has 0 unspecified atom stereocenters. The third-order valence-corrected chi connectivity index (χ3v) is 7.52. The normalized spacial score (nSPS) is 14.4. The predicted octanol–water partition coefficient (Wildman–Crippen LogP) is 6.87. The number of likely N-dealkylation sites (tertiary alicyclic amines) is 1. The lowest BCUT2D eigenvalue weighted by Gasteiger charge is -2.13. The molecule has 0 aliphatic carbocycles. The summed E-state index contributed by atoms with van der Waals surface area (Å²) in [5.41, 5.74) is 2.13. The van der Waals surface area contributed by atoms with Gasteiger partial charge in [0.15, 0.2) is 0 Å². The lowest BCUT2D eigenvalue weighted by molar-refractivity contribution is -0.121. The van der Waals surface area contributed by atoms with Crippen LogP contribution in [0.2, 0.25) is 0 Å². The molecule has 0 atom stereocenters. The van der Waals surface area contributed by atoms with Crippen molar-refractivity contribution in [3.05, 3.63) is 96.4 Å². The van der Waals surface area contributed by atoms with E-state index < -0.39 is 0 Å². The summed E-state index contributed by atoms with van der Waals surface area (Å²) in [5.74, 6) is 0.0789. The maximum absolute atomic E-state index is 12.1. The second-order valence-corrected chi connectivity index (χ2v) is 11.5. The fourth-order valence-electron chi connectivity index (χ4n) is 4.88. The summed E-state index contributed by atoms with van der Waals surface area (Å²) in [6, 6.07) is 4.15. The van der Waals surface area contributed by atoms with Crippen molar-refractivity contribution in [2.45, 2.75) is 84.0 Å². The van der Waals surface area contributed by atoms with Crippen LogP contribution in [0.4, 0.5) is 0 Å². The van der Waals surface area contributed by atoms with Gasteiger partial charge in [-0.05, 0) is 82.5 Å². The fourth-order valence-corrected chi connectivity index (χ4v) is 4.88. The molecule has 7 nitrogen and oxygen atoms in total. The summed E-state index contributed by atoms with van der Waals surface area (Å²) in [4.78, 5) is 31.2. The first-order valence-corrected chi connectivity index (χ1v) is 17.5. The predicted molar refractivity (Wildman–Crippen MR) is 194 cm³/mol. The van der Waals surface area contributed by atoms with Crippen molar-refractivity contribution in [2.24, 2.45) is 0 Å². The summed E-state index contributed by atoms with van der Waals surface area (Å²) in [7, 11) is 0. The van der Waals surface area contributed by atoms with Crippen molar-refractivity contribution in [1.29, 1.82) is 0 Å². The Bertz CT molecular complexity index is 1110. The molecule has 2 amide bonds. The lowest BCUT2D eigenvalue weighted by Crippen LogP contribution is -2.36. The molecule has 3 N–H and O–H groups in total. The number of hydrogen-bond donors (Lipinski definition) is 3. The minimum absolute atomic E-state index is 0.00550.